The Morgan fingerprint density at radius 2 is 1.38 bits per heavy atom. The molecule has 5 aromatic rings. The van der Waals surface area contributed by atoms with Gasteiger partial charge in [0.15, 0.2) is 0 Å². The lowest BCUT2D eigenvalue weighted by Crippen LogP contribution is -1.93. The van der Waals surface area contributed by atoms with E-state index in [-0.39, 0.29) is 0 Å². The lowest BCUT2D eigenvalue weighted by atomic mass is 9.97. The first-order valence-corrected chi connectivity index (χ1v) is 9.43. The molecule has 0 bridgehead atoms. The number of nitrogens with zero attached hydrogens (tertiary/aromatic N) is 2. The first kappa shape index (κ1) is 15.2. The highest BCUT2D eigenvalue weighted by atomic mass is 32.1. The summed E-state index contributed by atoms with van der Waals surface area (Å²) >= 11 is 1.77. The topological polar surface area (TPSA) is 25.8 Å². The summed E-state index contributed by atoms with van der Waals surface area (Å²) in [5.41, 5.74) is 5.63. The predicted molar refractivity (Wildman–Crippen MR) is 111 cm³/mol. The van der Waals surface area contributed by atoms with E-state index >= 15 is 0 Å². The van der Waals surface area contributed by atoms with E-state index in [0.29, 0.717) is 0 Å². The van der Waals surface area contributed by atoms with Crippen LogP contribution in [0.5, 0.6) is 0 Å². The van der Waals surface area contributed by atoms with E-state index in [2.05, 4.69) is 72.8 Å². The smallest absolute Gasteiger partial charge is 0.126 e. The summed E-state index contributed by atoms with van der Waals surface area (Å²) in [5.74, 6) is 0.805. The number of hydrogen-bond donors (Lipinski definition) is 0. The molecule has 0 saturated carbocycles. The maximum absolute atomic E-state index is 4.85. The van der Waals surface area contributed by atoms with E-state index in [1.807, 2.05) is 13.0 Å². The van der Waals surface area contributed by atoms with Gasteiger partial charge in [0.1, 0.15) is 5.82 Å². The third-order valence-corrected chi connectivity index (χ3v) is 5.77. The Morgan fingerprint density at radius 3 is 2.23 bits per heavy atom. The quantitative estimate of drug-likeness (QED) is 0.363. The van der Waals surface area contributed by atoms with Crippen molar-refractivity contribution in [3.05, 3.63) is 84.7 Å². The average Bonchev–Trinajstić information content (AvgIpc) is 3.07. The number of aryl methyl sites for hydroxylation is 1. The third-order valence-electron chi connectivity index (χ3n) is 4.60. The van der Waals surface area contributed by atoms with Gasteiger partial charge in [-0.05, 0) is 24.1 Å². The van der Waals surface area contributed by atoms with E-state index in [9.17, 15) is 0 Å². The highest BCUT2D eigenvalue weighted by molar-refractivity contribution is 7.26. The van der Waals surface area contributed by atoms with Crippen molar-refractivity contribution in [2.45, 2.75) is 6.92 Å². The Hall–Kier alpha value is -3.04. The van der Waals surface area contributed by atoms with Gasteiger partial charge in [-0.2, -0.15) is 0 Å². The number of benzene rings is 3. The molecule has 0 atom stereocenters. The molecule has 0 aliphatic rings. The van der Waals surface area contributed by atoms with Gasteiger partial charge in [-0.25, -0.2) is 9.97 Å². The van der Waals surface area contributed by atoms with Crippen molar-refractivity contribution in [2.75, 3.05) is 0 Å². The van der Waals surface area contributed by atoms with Crippen LogP contribution in [-0.2, 0) is 0 Å². The Kier molecular flexibility index (Phi) is 3.54. The zero-order chi connectivity index (χ0) is 17.5. The molecule has 124 valence electrons. The van der Waals surface area contributed by atoms with Gasteiger partial charge in [-0.1, -0.05) is 72.8 Å². The molecule has 0 unspecified atom stereocenters. The van der Waals surface area contributed by atoms with Crippen molar-refractivity contribution >= 4 is 31.6 Å². The van der Waals surface area contributed by atoms with Gasteiger partial charge < -0.3 is 0 Å². The number of thiophene rings is 1. The molecular weight excluding hydrogens is 336 g/mol. The van der Waals surface area contributed by atoms with Crippen molar-refractivity contribution < 1.29 is 0 Å². The number of hydrogen-bond acceptors (Lipinski definition) is 3. The molecule has 0 saturated heterocycles. The zero-order valence-corrected chi connectivity index (χ0v) is 15.1. The average molecular weight is 352 g/mol. The highest BCUT2D eigenvalue weighted by Crippen LogP contribution is 2.40. The van der Waals surface area contributed by atoms with Gasteiger partial charge >= 0.3 is 0 Å². The fourth-order valence-corrected chi connectivity index (χ4v) is 4.59. The van der Waals surface area contributed by atoms with Crippen LogP contribution in [0.1, 0.15) is 5.82 Å². The van der Waals surface area contributed by atoms with Crippen LogP contribution >= 0.6 is 11.3 Å². The molecule has 0 spiro atoms. The highest BCUT2D eigenvalue weighted by Gasteiger charge is 2.16. The van der Waals surface area contributed by atoms with E-state index in [1.165, 1.54) is 21.2 Å². The van der Waals surface area contributed by atoms with Gasteiger partial charge in [0.2, 0.25) is 0 Å². The molecule has 0 amide bonds. The summed E-state index contributed by atoms with van der Waals surface area (Å²) in [7, 11) is 0. The van der Waals surface area contributed by atoms with Crippen LogP contribution in [0, 0.1) is 6.92 Å². The van der Waals surface area contributed by atoms with Crippen LogP contribution in [0.2, 0.25) is 0 Å². The Balaban J connectivity index is 1.86. The summed E-state index contributed by atoms with van der Waals surface area (Å²) in [6.07, 6.45) is 0. The molecule has 0 aliphatic heterocycles. The summed E-state index contributed by atoms with van der Waals surface area (Å²) in [6, 6.07) is 27.4. The van der Waals surface area contributed by atoms with Gasteiger partial charge in [0.05, 0.1) is 15.9 Å². The molecule has 0 N–H and O–H groups in total. The van der Waals surface area contributed by atoms with Gasteiger partial charge in [-0.3, -0.25) is 0 Å². The van der Waals surface area contributed by atoms with Crippen LogP contribution < -0.4 is 0 Å². The molecule has 0 fully saturated rings. The van der Waals surface area contributed by atoms with E-state index in [4.69, 9.17) is 9.97 Å². The minimum atomic E-state index is 0.805. The van der Waals surface area contributed by atoms with Crippen molar-refractivity contribution in [1.29, 1.82) is 0 Å². The van der Waals surface area contributed by atoms with Crippen LogP contribution in [0.3, 0.4) is 0 Å². The van der Waals surface area contributed by atoms with Crippen molar-refractivity contribution in [1.82, 2.24) is 9.97 Å². The second-order valence-corrected chi connectivity index (χ2v) is 7.36. The second-order valence-electron chi connectivity index (χ2n) is 6.31. The second kappa shape index (κ2) is 6.04. The van der Waals surface area contributed by atoms with Crippen molar-refractivity contribution in [2.24, 2.45) is 0 Å². The molecule has 2 aromatic heterocycles. The van der Waals surface area contributed by atoms with Crippen LogP contribution in [0.15, 0.2) is 78.9 Å². The zero-order valence-electron chi connectivity index (χ0n) is 14.3. The van der Waals surface area contributed by atoms with Crippen molar-refractivity contribution in [3.8, 4) is 22.4 Å². The molecular formula is C23H16N2S. The number of fused-ring (bicyclic) bond motifs is 3. The number of aromatic nitrogens is 2. The summed E-state index contributed by atoms with van der Waals surface area (Å²) in [5, 5.41) is 1.21. The largest absolute Gasteiger partial charge is 0.232 e. The fraction of sp³-hybridized carbons (Fsp3) is 0.0435. The summed E-state index contributed by atoms with van der Waals surface area (Å²) < 4.78 is 2.40. The molecule has 5 rings (SSSR count). The molecule has 0 radical (unpaired) electrons. The SMILES string of the molecule is Cc1nc(-c2ccccc2-c2ccccc2)c2sc3ccccc3c2n1. The van der Waals surface area contributed by atoms with Crippen LogP contribution in [-0.4, -0.2) is 9.97 Å². The molecule has 3 aromatic carbocycles. The Bertz CT molecular complexity index is 1240. The van der Waals surface area contributed by atoms with Gasteiger partial charge in [0.25, 0.3) is 0 Å². The Morgan fingerprint density at radius 1 is 0.692 bits per heavy atom. The van der Waals surface area contributed by atoms with Crippen molar-refractivity contribution in [3.63, 3.8) is 0 Å². The van der Waals surface area contributed by atoms with E-state index in [1.54, 1.807) is 11.3 Å². The predicted octanol–water partition coefficient (Wildman–Crippen LogP) is 6.49. The normalized spacial score (nSPS) is 11.3. The summed E-state index contributed by atoms with van der Waals surface area (Å²) in [4.78, 5) is 9.60. The first-order valence-electron chi connectivity index (χ1n) is 8.62. The van der Waals surface area contributed by atoms with Gasteiger partial charge in [-0.15, -0.1) is 11.3 Å². The summed E-state index contributed by atoms with van der Waals surface area (Å²) in [6.45, 7) is 1.97. The lowest BCUT2D eigenvalue weighted by molar-refractivity contribution is 1.10. The molecule has 2 nitrogen and oxygen atoms in total. The monoisotopic (exact) mass is 352 g/mol. The lowest BCUT2D eigenvalue weighted by Gasteiger charge is -2.10. The van der Waals surface area contributed by atoms with Crippen LogP contribution in [0.4, 0.5) is 0 Å². The molecule has 3 heteroatoms. The van der Waals surface area contributed by atoms with E-state index < -0.39 is 0 Å². The number of rotatable bonds is 2. The third kappa shape index (κ3) is 2.40. The Labute approximate surface area is 155 Å². The minimum Gasteiger partial charge on any atom is -0.232 e. The van der Waals surface area contributed by atoms with Gasteiger partial charge in [0, 0.05) is 15.6 Å². The maximum atomic E-state index is 4.85. The molecule has 26 heavy (non-hydrogen) atoms. The standard InChI is InChI=1S/C23H16N2S/c1-15-24-21(23-22(25-15)19-13-7-8-14-20(19)26-23)18-12-6-5-11-17(18)16-9-3-2-4-10-16/h2-14H,1H3. The van der Waals surface area contributed by atoms with E-state index in [0.717, 1.165) is 27.3 Å². The molecule has 0 aliphatic carbocycles. The fourth-order valence-electron chi connectivity index (χ4n) is 3.44. The minimum absolute atomic E-state index is 0.805. The first-order chi connectivity index (χ1) is 12.8. The van der Waals surface area contributed by atoms with Crippen LogP contribution in [0.25, 0.3) is 42.7 Å². The maximum Gasteiger partial charge on any atom is 0.126 e. The molecule has 2 heterocycles.